The van der Waals surface area contributed by atoms with Crippen LogP contribution in [-0.4, -0.2) is 57.0 Å². The third kappa shape index (κ3) is 4.03. The van der Waals surface area contributed by atoms with Crippen LogP contribution in [0.15, 0.2) is 30.3 Å². The molecule has 0 aromatic heterocycles. The third-order valence-corrected chi connectivity index (χ3v) is 5.90. The molecule has 0 saturated carbocycles. The number of hydrogen-bond acceptors (Lipinski definition) is 4. The number of methoxy groups -OCH3 is 1. The summed E-state index contributed by atoms with van der Waals surface area (Å²) in [6.07, 6.45) is 0.738. The van der Waals surface area contributed by atoms with Gasteiger partial charge in [-0.15, -0.1) is 0 Å². The first kappa shape index (κ1) is 16.4. The SMILES string of the molecule is COCCS(=O)(=O)N1CC[C@@H](c2ccccc2)[C@@H](CO)C1. The number of sulfonamides is 1. The van der Waals surface area contributed by atoms with Gasteiger partial charge < -0.3 is 9.84 Å². The van der Waals surface area contributed by atoms with Gasteiger partial charge in [0.15, 0.2) is 0 Å². The first-order valence-corrected chi connectivity index (χ1v) is 8.82. The number of aliphatic hydroxyl groups excluding tert-OH is 1. The summed E-state index contributed by atoms with van der Waals surface area (Å²) in [4.78, 5) is 0. The van der Waals surface area contributed by atoms with Gasteiger partial charge in [-0.3, -0.25) is 0 Å². The average Bonchev–Trinajstić information content (AvgIpc) is 2.53. The quantitative estimate of drug-likeness (QED) is 0.853. The van der Waals surface area contributed by atoms with E-state index in [1.54, 1.807) is 0 Å². The standard InChI is InChI=1S/C15H23NO4S/c1-20-9-10-21(18,19)16-8-7-15(14(11-16)12-17)13-5-3-2-4-6-13/h2-6,14-15,17H,7-12H2,1H3/t14-,15+/m1/s1. The highest BCUT2D eigenvalue weighted by molar-refractivity contribution is 7.89. The van der Waals surface area contributed by atoms with Crippen molar-refractivity contribution in [3.8, 4) is 0 Å². The molecule has 1 fully saturated rings. The third-order valence-electron chi connectivity index (χ3n) is 4.10. The van der Waals surface area contributed by atoms with Crippen LogP contribution in [0.5, 0.6) is 0 Å². The van der Waals surface area contributed by atoms with Crippen LogP contribution in [0.2, 0.25) is 0 Å². The molecule has 1 N–H and O–H groups in total. The highest BCUT2D eigenvalue weighted by Crippen LogP contribution is 2.33. The molecule has 1 aliphatic heterocycles. The van der Waals surface area contributed by atoms with Crippen molar-refractivity contribution < 1.29 is 18.3 Å². The van der Waals surface area contributed by atoms with E-state index in [0.717, 1.165) is 6.42 Å². The van der Waals surface area contributed by atoms with Gasteiger partial charge >= 0.3 is 0 Å². The lowest BCUT2D eigenvalue weighted by Crippen LogP contribution is -2.45. The molecule has 6 heteroatoms. The zero-order chi connectivity index (χ0) is 15.3. The van der Waals surface area contributed by atoms with Gasteiger partial charge in [-0.2, -0.15) is 0 Å². The normalized spacial score (nSPS) is 24.1. The van der Waals surface area contributed by atoms with Crippen LogP contribution < -0.4 is 0 Å². The zero-order valence-electron chi connectivity index (χ0n) is 12.3. The number of hydrogen-bond donors (Lipinski definition) is 1. The van der Waals surface area contributed by atoms with E-state index in [1.807, 2.05) is 30.3 Å². The predicted octanol–water partition coefficient (Wildman–Crippen LogP) is 1.06. The Morgan fingerprint density at radius 3 is 2.67 bits per heavy atom. The van der Waals surface area contributed by atoms with Gasteiger partial charge in [0.1, 0.15) is 0 Å². The fraction of sp³-hybridized carbons (Fsp3) is 0.600. The van der Waals surface area contributed by atoms with E-state index < -0.39 is 10.0 Å². The second kappa shape index (κ2) is 7.35. The van der Waals surface area contributed by atoms with Crippen molar-refractivity contribution in [2.24, 2.45) is 5.92 Å². The first-order chi connectivity index (χ1) is 10.1. The largest absolute Gasteiger partial charge is 0.396 e. The number of aliphatic hydroxyl groups is 1. The summed E-state index contributed by atoms with van der Waals surface area (Å²) in [5.74, 6) is 0.154. The number of ether oxygens (including phenoxy) is 1. The monoisotopic (exact) mass is 313 g/mol. The predicted molar refractivity (Wildman–Crippen MR) is 81.6 cm³/mol. The van der Waals surface area contributed by atoms with Crippen molar-refractivity contribution in [3.05, 3.63) is 35.9 Å². The summed E-state index contributed by atoms with van der Waals surface area (Å²) in [7, 11) is -1.80. The summed E-state index contributed by atoms with van der Waals surface area (Å²) in [5.41, 5.74) is 1.17. The van der Waals surface area contributed by atoms with Gasteiger partial charge in [-0.25, -0.2) is 12.7 Å². The summed E-state index contributed by atoms with van der Waals surface area (Å²) >= 11 is 0. The molecule has 1 aromatic rings. The lowest BCUT2D eigenvalue weighted by molar-refractivity contribution is 0.144. The van der Waals surface area contributed by atoms with Gasteiger partial charge in [0.25, 0.3) is 0 Å². The lowest BCUT2D eigenvalue weighted by atomic mass is 9.82. The average molecular weight is 313 g/mol. The van der Waals surface area contributed by atoms with Gasteiger partial charge in [0.05, 0.1) is 12.4 Å². The molecule has 1 saturated heterocycles. The van der Waals surface area contributed by atoms with E-state index in [2.05, 4.69) is 0 Å². The highest BCUT2D eigenvalue weighted by atomic mass is 32.2. The topological polar surface area (TPSA) is 66.8 Å². The van der Waals surface area contributed by atoms with E-state index in [-0.39, 0.29) is 30.8 Å². The van der Waals surface area contributed by atoms with E-state index >= 15 is 0 Å². The first-order valence-electron chi connectivity index (χ1n) is 7.21. The Labute approximate surface area is 126 Å². The van der Waals surface area contributed by atoms with Crippen LogP contribution in [0.1, 0.15) is 17.9 Å². The minimum Gasteiger partial charge on any atom is -0.396 e. The number of nitrogens with zero attached hydrogens (tertiary/aromatic N) is 1. The van der Waals surface area contributed by atoms with E-state index in [4.69, 9.17) is 4.74 Å². The van der Waals surface area contributed by atoms with Crippen LogP contribution in [0.4, 0.5) is 0 Å². The Bertz CT molecular complexity index is 532. The van der Waals surface area contributed by atoms with Gasteiger partial charge in [0, 0.05) is 32.7 Å². The molecule has 118 valence electrons. The minimum absolute atomic E-state index is 0.00233. The Morgan fingerprint density at radius 1 is 1.33 bits per heavy atom. The van der Waals surface area contributed by atoms with Crippen LogP contribution in [0.3, 0.4) is 0 Å². The van der Waals surface area contributed by atoms with Crippen molar-refractivity contribution in [1.82, 2.24) is 4.31 Å². The Kier molecular flexibility index (Phi) is 5.75. The smallest absolute Gasteiger partial charge is 0.216 e. The van der Waals surface area contributed by atoms with Crippen molar-refractivity contribution in [2.75, 3.05) is 39.2 Å². The second-order valence-corrected chi connectivity index (χ2v) is 7.50. The van der Waals surface area contributed by atoms with Crippen LogP contribution in [0.25, 0.3) is 0 Å². The van der Waals surface area contributed by atoms with Crippen LogP contribution in [0, 0.1) is 5.92 Å². The molecule has 0 aliphatic carbocycles. The molecule has 1 aromatic carbocycles. The highest BCUT2D eigenvalue weighted by Gasteiger charge is 2.34. The fourth-order valence-corrected chi connectivity index (χ4v) is 4.33. The summed E-state index contributed by atoms with van der Waals surface area (Å²) < 4.78 is 30.8. The maximum absolute atomic E-state index is 12.2. The fourth-order valence-electron chi connectivity index (χ4n) is 2.89. The van der Waals surface area contributed by atoms with E-state index in [0.29, 0.717) is 13.1 Å². The molecule has 5 nitrogen and oxygen atoms in total. The Balaban J connectivity index is 2.08. The molecule has 1 aliphatic rings. The van der Waals surface area contributed by atoms with Crippen molar-refractivity contribution in [3.63, 3.8) is 0 Å². The molecular formula is C15H23NO4S. The van der Waals surface area contributed by atoms with Crippen LogP contribution >= 0.6 is 0 Å². The molecule has 0 spiro atoms. The second-order valence-electron chi connectivity index (χ2n) is 5.42. The molecule has 0 unspecified atom stereocenters. The maximum Gasteiger partial charge on any atom is 0.216 e. The maximum atomic E-state index is 12.2. The van der Waals surface area contributed by atoms with Gasteiger partial charge in [-0.1, -0.05) is 30.3 Å². The molecule has 0 amide bonds. The number of rotatable bonds is 6. The summed E-state index contributed by atoms with van der Waals surface area (Å²) in [6, 6.07) is 10.0. The van der Waals surface area contributed by atoms with Crippen molar-refractivity contribution in [2.45, 2.75) is 12.3 Å². The molecular weight excluding hydrogens is 290 g/mol. The van der Waals surface area contributed by atoms with E-state index in [1.165, 1.54) is 17.0 Å². The minimum atomic E-state index is -3.30. The summed E-state index contributed by atoms with van der Waals surface area (Å²) in [6.45, 7) is 1.07. The Hall–Kier alpha value is -0.950. The molecule has 0 radical (unpaired) electrons. The molecule has 21 heavy (non-hydrogen) atoms. The van der Waals surface area contributed by atoms with Gasteiger partial charge in [0.2, 0.25) is 10.0 Å². The van der Waals surface area contributed by atoms with Crippen molar-refractivity contribution >= 4 is 10.0 Å². The van der Waals surface area contributed by atoms with Crippen LogP contribution in [-0.2, 0) is 14.8 Å². The number of piperidine rings is 1. The number of benzene rings is 1. The molecule has 2 atom stereocenters. The molecule has 1 heterocycles. The van der Waals surface area contributed by atoms with E-state index in [9.17, 15) is 13.5 Å². The van der Waals surface area contributed by atoms with Gasteiger partial charge in [-0.05, 0) is 17.9 Å². The molecule has 2 rings (SSSR count). The molecule has 0 bridgehead atoms. The summed E-state index contributed by atoms with van der Waals surface area (Å²) in [5, 5.41) is 9.64. The van der Waals surface area contributed by atoms with Crippen molar-refractivity contribution in [1.29, 1.82) is 0 Å². The Morgan fingerprint density at radius 2 is 2.05 bits per heavy atom. The zero-order valence-corrected chi connectivity index (χ0v) is 13.1. The lowest BCUT2D eigenvalue weighted by Gasteiger charge is -2.37.